The molecule has 0 radical (unpaired) electrons. The van der Waals surface area contributed by atoms with Crippen LogP contribution in [-0.2, 0) is 9.53 Å². The van der Waals surface area contributed by atoms with Crippen molar-refractivity contribution >= 4 is 12.2 Å². The Morgan fingerprint density at radius 3 is 2.67 bits per heavy atom. The quantitative estimate of drug-likeness (QED) is 0.557. The molecule has 1 rings (SSSR count). The molecule has 0 fully saturated rings. The molecule has 0 saturated carbocycles. The van der Waals surface area contributed by atoms with Crippen molar-refractivity contribution in [1.82, 2.24) is 0 Å². The summed E-state index contributed by atoms with van der Waals surface area (Å²) in [5.41, 5.74) is 2.20. The van der Waals surface area contributed by atoms with Crippen LogP contribution in [0.1, 0.15) is 18.1 Å². The third kappa shape index (κ3) is 4.40. The van der Waals surface area contributed by atoms with Crippen molar-refractivity contribution in [1.29, 1.82) is 0 Å². The number of esters is 1. The Bertz CT molecular complexity index is 341. The molecule has 0 aliphatic heterocycles. The van der Waals surface area contributed by atoms with Crippen molar-refractivity contribution in [3.63, 3.8) is 0 Å². The summed E-state index contributed by atoms with van der Waals surface area (Å²) in [6.45, 7) is 4.29. The van der Waals surface area contributed by atoms with Gasteiger partial charge in [0.05, 0.1) is 6.61 Å². The second-order valence-corrected chi connectivity index (χ2v) is 3.19. The third-order valence-corrected chi connectivity index (χ3v) is 1.84. The van der Waals surface area contributed by atoms with E-state index in [0.717, 1.165) is 5.56 Å². The number of nitrogens with zero attached hydrogens (tertiary/aromatic N) is 1. The first-order valence-electron chi connectivity index (χ1n) is 4.94. The van der Waals surface area contributed by atoms with E-state index in [2.05, 4.69) is 4.99 Å². The third-order valence-electron chi connectivity index (χ3n) is 1.84. The van der Waals surface area contributed by atoms with E-state index in [9.17, 15) is 4.79 Å². The van der Waals surface area contributed by atoms with E-state index in [0.29, 0.717) is 6.61 Å². The monoisotopic (exact) mass is 205 g/mol. The Kier molecular flexibility index (Phi) is 4.54. The number of rotatable bonds is 4. The van der Waals surface area contributed by atoms with E-state index in [1.165, 1.54) is 5.56 Å². The molecule has 0 bridgehead atoms. The molecule has 80 valence electrons. The Morgan fingerprint density at radius 1 is 1.40 bits per heavy atom. The second-order valence-electron chi connectivity index (χ2n) is 3.19. The normalized spacial score (nSPS) is 10.5. The zero-order valence-corrected chi connectivity index (χ0v) is 9.06. The van der Waals surface area contributed by atoms with Crippen LogP contribution >= 0.6 is 0 Å². The minimum atomic E-state index is -0.291. The molecule has 0 heterocycles. The number of hydrogen-bond acceptors (Lipinski definition) is 3. The Balaban J connectivity index is 2.44. The predicted octanol–water partition coefficient (Wildman–Crippen LogP) is 1.98. The molecule has 0 saturated heterocycles. The molecule has 0 unspecified atom stereocenters. The van der Waals surface area contributed by atoms with Crippen LogP contribution in [0.4, 0.5) is 0 Å². The zero-order chi connectivity index (χ0) is 11.1. The van der Waals surface area contributed by atoms with Gasteiger partial charge in [-0.2, -0.15) is 0 Å². The second kappa shape index (κ2) is 5.96. The van der Waals surface area contributed by atoms with Crippen molar-refractivity contribution in [2.75, 3.05) is 13.2 Å². The summed E-state index contributed by atoms with van der Waals surface area (Å²) in [7, 11) is 0. The molecule has 0 atom stereocenters. The van der Waals surface area contributed by atoms with Crippen LogP contribution in [0.15, 0.2) is 29.3 Å². The first kappa shape index (κ1) is 11.4. The fraction of sp³-hybridized carbons (Fsp3) is 0.333. The highest BCUT2D eigenvalue weighted by Gasteiger charge is 1.96. The first-order chi connectivity index (χ1) is 7.22. The summed E-state index contributed by atoms with van der Waals surface area (Å²) in [5.74, 6) is -0.291. The van der Waals surface area contributed by atoms with Gasteiger partial charge in [0.2, 0.25) is 0 Å². The summed E-state index contributed by atoms with van der Waals surface area (Å²) in [5, 5.41) is 0. The largest absolute Gasteiger partial charge is 0.465 e. The van der Waals surface area contributed by atoms with E-state index in [-0.39, 0.29) is 12.5 Å². The SMILES string of the molecule is CCOC(=O)C/N=C/c1ccc(C)cc1. The standard InChI is InChI=1S/C12H15NO2/c1-3-15-12(14)9-13-8-11-6-4-10(2)5-7-11/h4-8H,3,9H2,1-2H3/b13-8+. The number of ether oxygens (including phenoxy) is 1. The van der Waals surface area contributed by atoms with Gasteiger partial charge < -0.3 is 4.74 Å². The van der Waals surface area contributed by atoms with Gasteiger partial charge in [0.25, 0.3) is 0 Å². The van der Waals surface area contributed by atoms with Crippen LogP contribution in [0.25, 0.3) is 0 Å². The summed E-state index contributed by atoms with van der Waals surface area (Å²) in [6, 6.07) is 7.94. The van der Waals surface area contributed by atoms with E-state index in [1.54, 1.807) is 13.1 Å². The van der Waals surface area contributed by atoms with Gasteiger partial charge in [0.15, 0.2) is 0 Å². The van der Waals surface area contributed by atoms with Crippen LogP contribution in [0, 0.1) is 6.92 Å². The predicted molar refractivity (Wildman–Crippen MR) is 60.3 cm³/mol. The molecule has 0 amide bonds. The summed E-state index contributed by atoms with van der Waals surface area (Å²) < 4.78 is 4.75. The smallest absolute Gasteiger partial charge is 0.327 e. The van der Waals surface area contributed by atoms with Crippen molar-refractivity contribution in [2.24, 2.45) is 4.99 Å². The molecule has 0 aromatic heterocycles. The molecule has 1 aromatic carbocycles. The Labute approximate surface area is 89.8 Å². The van der Waals surface area contributed by atoms with E-state index < -0.39 is 0 Å². The number of carbonyl (C=O) groups excluding carboxylic acids is 1. The average Bonchev–Trinajstić information content (AvgIpc) is 2.21. The van der Waals surface area contributed by atoms with Crippen LogP contribution in [0.3, 0.4) is 0 Å². The van der Waals surface area contributed by atoms with Crippen LogP contribution in [0.5, 0.6) is 0 Å². The molecule has 1 aromatic rings. The van der Waals surface area contributed by atoms with Crippen molar-refractivity contribution in [2.45, 2.75) is 13.8 Å². The van der Waals surface area contributed by atoms with Crippen LogP contribution in [-0.4, -0.2) is 25.3 Å². The van der Waals surface area contributed by atoms with E-state index in [4.69, 9.17) is 4.74 Å². The van der Waals surface area contributed by atoms with Crippen LogP contribution in [0.2, 0.25) is 0 Å². The number of aliphatic imine (C=N–C) groups is 1. The summed E-state index contributed by atoms with van der Waals surface area (Å²) >= 11 is 0. The Hall–Kier alpha value is -1.64. The lowest BCUT2D eigenvalue weighted by Crippen LogP contribution is -2.07. The molecule has 0 spiro atoms. The van der Waals surface area contributed by atoms with Crippen molar-refractivity contribution in [3.05, 3.63) is 35.4 Å². The molecular weight excluding hydrogens is 190 g/mol. The van der Waals surface area contributed by atoms with Gasteiger partial charge in [-0.25, -0.2) is 0 Å². The van der Waals surface area contributed by atoms with Gasteiger partial charge >= 0.3 is 5.97 Å². The minimum Gasteiger partial charge on any atom is -0.465 e. The lowest BCUT2D eigenvalue weighted by molar-refractivity contribution is -0.141. The van der Waals surface area contributed by atoms with E-state index >= 15 is 0 Å². The van der Waals surface area contributed by atoms with Gasteiger partial charge in [-0.1, -0.05) is 29.8 Å². The van der Waals surface area contributed by atoms with Gasteiger partial charge in [-0.05, 0) is 19.4 Å². The maximum Gasteiger partial charge on any atom is 0.327 e. The lowest BCUT2D eigenvalue weighted by atomic mass is 10.2. The molecule has 0 N–H and O–H groups in total. The summed E-state index contributed by atoms with van der Waals surface area (Å²) in [6.07, 6.45) is 1.68. The highest BCUT2D eigenvalue weighted by molar-refractivity contribution is 5.82. The molecule has 3 heteroatoms. The number of hydrogen-bond donors (Lipinski definition) is 0. The van der Waals surface area contributed by atoms with Gasteiger partial charge in [-0.3, -0.25) is 9.79 Å². The fourth-order valence-corrected chi connectivity index (χ4v) is 1.08. The van der Waals surface area contributed by atoms with E-state index in [1.807, 2.05) is 31.2 Å². The number of aryl methyl sites for hydroxylation is 1. The van der Waals surface area contributed by atoms with Crippen molar-refractivity contribution < 1.29 is 9.53 Å². The molecular formula is C12H15NO2. The van der Waals surface area contributed by atoms with Gasteiger partial charge in [-0.15, -0.1) is 0 Å². The average molecular weight is 205 g/mol. The zero-order valence-electron chi connectivity index (χ0n) is 9.06. The van der Waals surface area contributed by atoms with Crippen LogP contribution < -0.4 is 0 Å². The lowest BCUT2D eigenvalue weighted by Gasteiger charge is -1.97. The maximum atomic E-state index is 11.0. The highest BCUT2D eigenvalue weighted by atomic mass is 16.5. The Morgan fingerprint density at radius 2 is 2.07 bits per heavy atom. The minimum absolute atomic E-state index is 0.0850. The fourth-order valence-electron chi connectivity index (χ4n) is 1.08. The van der Waals surface area contributed by atoms with Gasteiger partial charge in [0.1, 0.15) is 6.54 Å². The molecule has 0 aliphatic rings. The number of carbonyl (C=O) groups is 1. The molecule has 0 aliphatic carbocycles. The van der Waals surface area contributed by atoms with Gasteiger partial charge in [0, 0.05) is 6.21 Å². The number of benzene rings is 1. The highest BCUT2D eigenvalue weighted by Crippen LogP contribution is 2.00. The maximum absolute atomic E-state index is 11.0. The molecule has 15 heavy (non-hydrogen) atoms. The first-order valence-corrected chi connectivity index (χ1v) is 4.94. The topological polar surface area (TPSA) is 38.7 Å². The summed E-state index contributed by atoms with van der Waals surface area (Å²) in [4.78, 5) is 14.9. The van der Waals surface area contributed by atoms with Crippen molar-refractivity contribution in [3.8, 4) is 0 Å². The molecule has 3 nitrogen and oxygen atoms in total.